The minimum absolute atomic E-state index is 0.00786. The number of hydrogen-bond acceptors (Lipinski definition) is 4. The largest absolute Gasteiger partial charge is 0.454 e. The highest BCUT2D eigenvalue weighted by Gasteiger charge is 2.51. The number of nitrogens with two attached hydrogens (primary N) is 1. The van der Waals surface area contributed by atoms with Gasteiger partial charge in [-0.3, -0.25) is 4.79 Å². The molecule has 6 heteroatoms. The van der Waals surface area contributed by atoms with Crippen molar-refractivity contribution < 1.29 is 14.3 Å². The number of benzene rings is 3. The number of nitrogen functional groups attached to an aromatic ring is 1. The average molecular weight is 421 g/mol. The molecule has 1 aliphatic carbocycles. The van der Waals surface area contributed by atoms with Crippen molar-refractivity contribution in [1.29, 1.82) is 0 Å². The second kappa shape index (κ2) is 6.96. The van der Waals surface area contributed by atoms with E-state index in [1.807, 2.05) is 55.5 Å². The molecule has 0 spiro atoms. The molecule has 0 unspecified atom stereocenters. The highest BCUT2D eigenvalue weighted by Crippen LogP contribution is 2.51. The first-order valence-corrected chi connectivity index (χ1v) is 10.2. The van der Waals surface area contributed by atoms with Crippen molar-refractivity contribution >= 4 is 28.9 Å². The Hall–Kier alpha value is -3.18. The van der Waals surface area contributed by atoms with Gasteiger partial charge in [-0.25, -0.2) is 0 Å². The minimum atomic E-state index is -0.517. The van der Waals surface area contributed by atoms with Crippen LogP contribution in [0.3, 0.4) is 0 Å². The number of anilines is 2. The summed E-state index contributed by atoms with van der Waals surface area (Å²) in [6, 6.07) is 17.2. The van der Waals surface area contributed by atoms with Crippen LogP contribution < -0.4 is 20.5 Å². The van der Waals surface area contributed by atoms with Crippen molar-refractivity contribution in [2.24, 2.45) is 0 Å². The fraction of sp³-hybridized carbons (Fsp3) is 0.208. The number of amides is 1. The molecule has 0 atom stereocenters. The summed E-state index contributed by atoms with van der Waals surface area (Å²) >= 11 is 6.20. The first-order valence-electron chi connectivity index (χ1n) is 9.84. The van der Waals surface area contributed by atoms with Crippen molar-refractivity contribution in [2.75, 3.05) is 17.8 Å². The Morgan fingerprint density at radius 2 is 1.83 bits per heavy atom. The summed E-state index contributed by atoms with van der Waals surface area (Å²) in [7, 11) is 0. The normalized spacial score (nSPS) is 15.7. The summed E-state index contributed by atoms with van der Waals surface area (Å²) in [5.74, 6) is 1.41. The predicted octanol–water partition coefficient (Wildman–Crippen LogP) is 5.30. The Morgan fingerprint density at radius 1 is 1.03 bits per heavy atom. The van der Waals surface area contributed by atoms with Crippen LogP contribution in [0.25, 0.3) is 11.1 Å². The van der Waals surface area contributed by atoms with Crippen LogP contribution in [-0.2, 0) is 10.2 Å². The number of fused-ring (bicyclic) bond motifs is 1. The third-order valence-corrected chi connectivity index (χ3v) is 6.24. The van der Waals surface area contributed by atoms with Crippen molar-refractivity contribution in [3.8, 4) is 22.6 Å². The molecule has 1 amide bonds. The molecule has 5 nitrogen and oxygen atoms in total. The van der Waals surface area contributed by atoms with E-state index in [0.717, 1.165) is 46.5 Å². The lowest BCUT2D eigenvalue weighted by molar-refractivity contribution is -0.118. The third kappa shape index (κ3) is 3.15. The molecule has 3 N–H and O–H groups in total. The van der Waals surface area contributed by atoms with Crippen LogP contribution in [0.15, 0.2) is 54.6 Å². The zero-order valence-corrected chi connectivity index (χ0v) is 17.3. The van der Waals surface area contributed by atoms with Crippen LogP contribution in [0.4, 0.5) is 11.4 Å². The SMILES string of the molecule is Cc1ccc(NC(=O)C2(c3ccc4c(c3)OCO4)CC2)cc1-c1ccc(N)c(Cl)c1. The summed E-state index contributed by atoms with van der Waals surface area (Å²) in [4.78, 5) is 13.2. The molecule has 30 heavy (non-hydrogen) atoms. The van der Waals surface area contributed by atoms with E-state index in [1.54, 1.807) is 6.07 Å². The lowest BCUT2D eigenvalue weighted by atomic mass is 9.94. The van der Waals surface area contributed by atoms with Gasteiger partial charge in [0.05, 0.1) is 16.1 Å². The van der Waals surface area contributed by atoms with E-state index in [1.165, 1.54) is 0 Å². The Kier molecular flexibility index (Phi) is 4.36. The minimum Gasteiger partial charge on any atom is -0.454 e. The van der Waals surface area contributed by atoms with Gasteiger partial charge in [0.2, 0.25) is 12.7 Å². The molecule has 0 radical (unpaired) electrons. The first-order chi connectivity index (χ1) is 14.5. The van der Waals surface area contributed by atoms with Crippen molar-refractivity contribution in [3.05, 3.63) is 70.7 Å². The number of rotatable bonds is 4. The van der Waals surface area contributed by atoms with Gasteiger partial charge in [0.25, 0.3) is 0 Å². The maximum Gasteiger partial charge on any atom is 0.235 e. The molecule has 0 saturated heterocycles. The van der Waals surface area contributed by atoms with Crippen molar-refractivity contribution in [2.45, 2.75) is 25.2 Å². The van der Waals surface area contributed by atoms with Gasteiger partial charge in [0, 0.05) is 5.69 Å². The molecule has 1 fully saturated rings. The van der Waals surface area contributed by atoms with Gasteiger partial charge in [-0.2, -0.15) is 0 Å². The molecule has 0 aromatic heterocycles. The molecule has 2 aliphatic rings. The van der Waals surface area contributed by atoms with E-state index in [2.05, 4.69) is 5.32 Å². The summed E-state index contributed by atoms with van der Waals surface area (Å²) in [6.07, 6.45) is 1.62. The number of carbonyl (C=O) groups is 1. The maximum absolute atomic E-state index is 13.2. The van der Waals surface area contributed by atoms with Crippen molar-refractivity contribution in [1.82, 2.24) is 0 Å². The lowest BCUT2D eigenvalue weighted by Gasteiger charge is -2.17. The molecule has 3 aromatic rings. The Balaban J connectivity index is 1.42. The highest BCUT2D eigenvalue weighted by molar-refractivity contribution is 6.33. The topological polar surface area (TPSA) is 73.6 Å². The van der Waals surface area contributed by atoms with Gasteiger partial charge in [-0.05, 0) is 78.4 Å². The fourth-order valence-corrected chi connectivity index (χ4v) is 4.10. The second-order valence-electron chi connectivity index (χ2n) is 7.87. The smallest absolute Gasteiger partial charge is 0.235 e. The van der Waals surface area contributed by atoms with E-state index in [-0.39, 0.29) is 12.7 Å². The molecule has 1 heterocycles. The number of nitrogens with one attached hydrogen (secondary N) is 1. The number of aryl methyl sites for hydroxylation is 1. The van der Waals surface area contributed by atoms with Crippen molar-refractivity contribution in [3.63, 3.8) is 0 Å². The van der Waals surface area contributed by atoms with Crippen LogP contribution in [0, 0.1) is 6.92 Å². The second-order valence-corrected chi connectivity index (χ2v) is 8.28. The Bertz CT molecular complexity index is 1170. The lowest BCUT2D eigenvalue weighted by Crippen LogP contribution is -2.27. The van der Waals surface area contributed by atoms with Gasteiger partial charge in [-0.15, -0.1) is 0 Å². The molecule has 1 aliphatic heterocycles. The molecule has 1 saturated carbocycles. The molecular formula is C24H21ClN2O3. The Labute approximate surface area is 179 Å². The molecule has 152 valence electrons. The number of halogens is 1. The molecule has 0 bridgehead atoms. The zero-order chi connectivity index (χ0) is 20.9. The van der Waals surface area contributed by atoms with Gasteiger partial charge < -0.3 is 20.5 Å². The maximum atomic E-state index is 13.2. The van der Waals surface area contributed by atoms with Crippen LogP contribution in [0.2, 0.25) is 5.02 Å². The fourth-order valence-electron chi connectivity index (χ4n) is 3.92. The summed E-state index contributed by atoms with van der Waals surface area (Å²) in [5.41, 5.74) is 10.6. The van der Waals surface area contributed by atoms with Crippen LogP contribution in [0.5, 0.6) is 11.5 Å². The van der Waals surface area contributed by atoms with E-state index in [9.17, 15) is 4.79 Å². The summed E-state index contributed by atoms with van der Waals surface area (Å²) in [6.45, 7) is 2.25. The van der Waals surface area contributed by atoms with Gasteiger partial charge in [-0.1, -0.05) is 29.8 Å². The summed E-state index contributed by atoms with van der Waals surface area (Å²) < 4.78 is 10.9. The quantitative estimate of drug-likeness (QED) is 0.562. The standard InChI is InChI=1S/C24H21ClN2O3/c1-14-2-5-17(12-18(14)15-3-6-20(26)19(25)10-15)27-23(28)24(8-9-24)16-4-7-21-22(11-16)30-13-29-21/h2-7,10-12H,8-9,13,26H2,1H3,(H,27,28). The first kappa shape index (κ1) is 18.8. The van der Waals surface area contributed by atoms with E-state index < -0.39 is 5.41 Å². The molecular weight excluding hydrogens is 400 g/mol. The number of carbonyl (C=O) groups excluding carboxylic acids is 1. The van der Waals surface area contributed by atoms with Gasteiger partial charge >= 0.3 is 0 Å². The molecule has 5 rings (SSSR count). The van der Waals surface area contributed by atoms with E-state index >= 15 is 0 Å². The summed E-state index contributed by atoms with van der Waals surface area (Å²) in [5, 5.41) is 3.62. The third-order valence-electron chi connectivity index (χ3n) is 5.92. The highest BCUT2D eigenvalue weighted by atomic mass is 35.5. The predicted molar refractivity (Wildman–Crippen MR) is 118 cm³/mol. The van der Waals surface area contributed by atoms with Gasteiger partial charge in [0.15, 0.2) is 11.5 Å². The number of ether oxygens (including phenoxy) is 2. The molecule has 3 aromatic carbocycles. The number of hydrogen-bond donors (Lipinski definition) is 2. The van der Waals surface area contributed by atoms with Crippen LogP contribution >= 0.6 is 11.6 Å². The zero-order valence-electron chi connectivity index (χ0n) is 16.5. The van der Waals surface area contributed by atoms with E-state index in [0.29, 0.717) is 16.5 Å². The van der Waals surface area contributed by atoms with Gasteiger partial charge in [0.1, 0.15) is 0 Å². The van der Waals surface area contributed by atoms with E-state index in [4.69, 9.17) is 26.8 Å². The average Bonchev–Trinajstić information content (AvgIpc) is 3.42. The Morgan fingerprint density at radius 3 is 2.60 bits per heavy atom. The monoisotopic (exact) mass is 420 g/mol. The van der Waals surface area contributed by atoms with Crippen LogP contribution in [-0.4, -0.2) is 12.7 Å². The van der Waals surface area contributed by atoms with Crippen LogP contribution in [0.1, 0.15) is 24.0 Å².